The highest BCUT2D eigenvalue weighted by molar-refractivity contribution is 5.84. The van der Waals surface area contributed by atoms with Gasteiger partial charge in [-0.05, 0) is 68.8 Å². The maximum Gasteiger partial charge on any atom is 0.162 e. The fourth-order valence-corrected chi connectivity index (χ4v) is 7.78. The Balaban J connectivity index is 1.53. The number of aliphatic hydroxyl groups is 2. The molecule has 1 heterocycles. The first-order valence-electron chi connectivity index (χ1n) is 10.1. The number of carbonyl (C=O) groups is 1. The number of ether oxygens (including phenoxy) is 1. The maximum absolute atomic E-state index is 12.3. The third-order valence-electron chi connectivity index (χ3n) is 8.93. The van der Waals surface area contributed by atoms with E-state index in [-0.39, 0.29) is 40.8 Å². The summed E-state index contributed by atoms with van der Waals surface area (Å²) in [6.07, 6.45) is 10.2. The van der Waals surface area contributed by atoms with Gasteiger partial charge in [0.05, 0.1) is 18.3 Å². The van der Waals surface area contributed by atoms with Crippen molar-refractivity contribution in [3.63, 3.8) is 0 Å². The second-order valence-corrected chi connectivity index (χ2v) is 9.61. The standard InChI is InChI=1S/C21H30O4/c1-19-7-6-18-20-8-5-14(23)10-13(20)4-9-21(18,25-12-20)17(19)3-2-15(19)16(24)11-22/h3,13-15,18,22-23H,2,4-12H2,1H3/t13-,14-,15+,18+,19+,20+,21+/m0/s1. The molecule has 1 saturated heterocycles. The highest BCUT2D eigenvalue weighted by atomic mass is 16.5. The summed E-state index contributed by atoms with van der Waals surface area (Å²) in [4.78, 5) is 12.3. The molecule has 5 aliphatic rings. The topological polar surface area (TPSA) is 66.8 Å². The van der Waals surface area contributed by atoms with Crippen molar-refractivity contribution in [2.24, 2.45) is 28.6 Å². The first-order valence-corrected chi connectivity index (χ1v) is 10.1. The van der Waals surface area contributed by atoms with E-state index in [0.29, 0.717) is 11.8 Å². The summed E-state index contributed by atoms with van der Waals surface area (Å²) in [6, 6.07) is 0. The molecule has 1 aliphatic heterocycles. The van der Waals surface area contributed by atoms with Crippen molar-refractivity contribution in [3.05, 3.63) is 11.6 Å². The number of ketones is 1. The van der Waals surface area contributed by atoms with E-state index in [0.717, 1.165) is 58.0 Å². The molecule has 7 atom stereocenters. The quantitative estimate of drug-likeness (QED) is 0.754. The van der Waals surface area contributed by atoms with E-state index >= 15 is 0 Å². The molecule has 0 unspecified atom stereocenters. The highest BCUT2D eigenvalue weighted by Crippen LogP contribution is 2.71. The first kappa shape index (κ1) is 16.5. The van der Waals surface area contributed by atoms with Gasteiger partial charge in [-0.3, -0.25) is 4.79 Å². The molecule has 25 heavy (non-hydrogen) atoms. The Morgan fingerprint density at radius 1 is 1.28 bits per heavy atom. The van der Waals surface area contributed by atoms with E-state index in [2.05, 4.69) is 13.0 Å². The van der Waals surface area contributed by atoms with Crippen LogP contribution in [0.4, 0.5) is 0 Å². The second kappa shape index (κ2) is 5.17. The molecule has 2 N–H and O–H groups in total. The highest BCUT2D eigenvalue weighted by Gasteiger charge is 2.70. The summed E-state index contributed by atoms with van der Waals surface area (Å²) < 4.78 is 6.68. The van der Waals surface area contributed by atoms with Gasteiger partial charge in [0, 0.05) is 16.7 Å². The van der Waals surface area contributed by atoms with E-state index in [1.807, 2.05) is 0 Å². The zero-order valence-electron chi connectivity index (χ0n) is 15.2. The number of Topliss-reactive ketones (excluding diaryl/α,β-unsaturated/α-hetero) is 1. The van der Waals surface area contributed by atoms with Gasteiger partial charge < -0.3 is 14.9 Å². The molecular weight excluding hydrogens is 316 g/mol. The fourth-order valence-electron chi connectivity index (χ4n) is 7.78. The predicted molar refractivity (Wildman–Crippen MR) is 92.8 cm³/mol. The van der Waals surface area contributed by atoms with Gasteiger partial charge in [-0.2, -0.15) is 0 Å². The van der Waals surface area contributed by atoms with Crippen molar-refractivity contribution in [3.8, 4) is 0 Å². The molecule has 4 fully saturated rings. The van der Waals surface area contributed by atoms with Gasteiger partial charge in [0.1, 0.15) is 6.61 Å². The third kappa shape index (κ3) is 1.86. The van der Waals surface area contributed by atoms with Crippen LogP contribution in [0.15, 0.2) is 11.6 Å². The van der Waals surface area contributed by atoms with Gasteiger partial charge >= 0.3 is 0 Å². The van der Waals surface area contributed by atoms with Crippen LogP contribution < -0.4 is 0 Å². The van der Waals surface area contributed by atoms with Crippen molar-refractivity contribution >= 4 is 5.78 Å². The van der Waals surface area contributed by atoms with Gasteiger partial charge in [0.15, 0.2) is 5.78 Å². The van der Waals surface area contributed by atoms with E-state index in [9.17, 15) is 15.0 Å². The monoisotopic (exact) mass is 346 g/mol. The summed E-state index contributed by atoms with van der Waals surface area (Å²) in [7, 11) is 0. The number of fused-ring (bicyclic) bond motifs is 1. The molecule has 1 spiro atoms. The van der Waals surface area contributed by atoms with Gasteiger partial charge in [0.2, 0.25) is 0 Å². The number of hydrogen-bond donors (Lipinski definition) is 2. The zero-order chi connectivity index (χ0) is 17.4. The van der Waals surface area contributed by atoms with Crippen LogP contribution in [0.1, 0.15) is 58.3 Å². The van der Waals surface area contributed by atoms with Crippen molar-refractivity contribution in [1.29, 1.82) is 0 Å². The molecule has 4 aliphatic carbocycles. The van der Waals surface area contributed by atoms with Crippen molar-refractivity contribution in [2.45, 2.75) is 70.0 Å². The minimum atomic E-state index is -0.345. The lowest BCUT2D eigenvalue weighted by Crippen LogP contribution is -2.57. The van der Waals surface area contributed by atoms with Gasteiger partial charge in [0.25, 0.3) is 0 Å². The Labute approximate surface area is 149 Å². The number of hydrogen-bond acceptors (Lipinski definition) is 4. The number of carbonyl (C=O) groups excluding carboxylic acids is 1. The van der Waals surface area contributed by atoms with E-state index in [4.69, 9.17) is 4.74 Å². The molecule has 0 radical (unpaired) electrons. The lowest BCUT2D eigenvalue weighted by Gasteiger charge is -2.58. The second-order valence-electron chi connectivity index (χ2n) is 9.61. The fraction of sp³-hybridized carbons (Fsp3) is 0.857. The Morgan fingerprint density at radius 3 is 2.92 bits per heavy atom. The molecule has 4 heteroatoms. The molecular formula is C21H30O4. The van der Waals surface area contributed by atoms with Crippen LogP contribution in [0.2, 0.25) is 0 Å². The Morgan fingerprint density at radius 2 is 2.12 bits per heavy atom. The maximum atomic E-state index is 12.3. The summed E-state index contributed by atoms with van der Waals surface area (Å²) in [5.41, 5.74) is 1.32. The molecule has 0 aromatic rings. The van der Waals surface area contributed by atoms with Crippen molar-refractivity contribution < 1.29 is 19.7 Å². The van der Waals surface area contributed by atoms with Gasteiger partial charge in [-0.25, -0.2) is 0 Å². The Bertz CT molecular complexity index is 642. The average molecular weight is 346 g/mol. The minimum Gasteiger partial charge on any atom is -0.393 e. The first-order chi connectivity index (χ1) is 12.0. The normalized spacial score (nSPS) is 53.6. The smallest absolute Gasteiger partial charge is 0.162 e. The van der Waals surface area contributed by atoms with Gasteiger partial charge in [-0.1, -0.05) is 13.0 Å². The molecule has 0 aromatic carbocycles. The predicted octanol–water partition coefficient (Wildman–Crippen LogP) is 2.62. The lowest BCUT2D eigenvalue weighted by molar-refractivity contribution is -0.131. The molecule has 2 bridgehead atoms. The SMILES string of the molecule is C[C@]12CC[C@@H]3[C@@]45CC[C@H](O)C[C@@H]4CC[C@@]3(OC5)C1=CC[C@@H]2C(=O)CO. The summed E-state index contributed by atoms with van der Waals surface area (Å²) in [6.45, 7) is 2.73. The largest absolute Gasteiger partial charge is 0.393 e. The molecule has 138 valence electrons. The zero-order valence-corrected chi connectivity index (χ0v) is 15.2. The van der Waals surface area contributed by atoms with E-state index in [1.165, 1.54) is 5.57 Å². The molecule has 5 rings (SSSR count). The van der Waals surface area contributed by atoms with Gasteiger partial charge in [-0.15, -0.1) is 0 Å². The third-order valence-corrected chi connectivity index (χ3v) is 8.93. The number of allylic oxidation sites excluding steroid dienone is 1. The summed E-state index contributed by atoms with van der Waals surface area (Å²) in [5, 5.41) is 19.6. The summed E-state index contributed by atoms with van der Waals surface area (Å²) in [5.74, 6) is 1.06. The number of aliphatic hydroxyl groups excluding tert-OH is 2. The minimum absolute atomic E-state index is 0.00853. The van der Waals surface area contributed by atoms with Crippen LogP contribution in [-0.2, 0) is 9.53 Å². The van der Waals surface area contributed by atoms with E-state index in [1.54, 1.807) is 0 Å². The summed E-state index contributed by atoms with van der Waals surface area (Å²) >= 11 is 0. The Hall–Kier alpha value is -0.710. The van der Waals surface area contributed by atoms with Crippen LogP contribution in [0.25, 0.3) is 0 Å². The Kier molecular flexibility index (Phi) is 3.41. The molecule has 3 saturated carbocycles. The molecule has 0 aromatic heterocycles. The van der Waals surface area contributed by atoms with Crippen molar-refractivity contribution in [1.82, 2.24) is 0 Å². The van der Waals surface area contributed by atoms with Crippen molar-refractivity contribution in [2.75, 3.05) is 13.2 Å². The van der Waals surface area contributed by atoms with Crippen LogP contribution in [0.5, 0.6) is 0 Å². The number of rotatable bonds is 2. The molecule has 0 amide bonds. The van der Waals surface area contributed by atoms with Crippen LogP contribution in [-0.4, -0.2) is 40.9 Å². The van der Waals surface area contributed by atoms with Crippen LogP contribution in [0, 0.1) is 28.6 Å². The lowest BCUT2D eigenvalue weighted by atomic mass is 9.45. The van der Waals surface area contributed by atoms with Crippen LogP contribution in [0.3, 0.4) is 0 Å². The van der Waals surface area contributed by atoms with E-state index < -0.39 is 0 Å². The molecule has 4 nitrogen and oxygen atoms in total. The van der Waals surface area contributed by atoms with Crippen LogP contribution >= 0.6 is 0 Å². The average Bonchev–Trinajstić information content (AvgIpc) is 3.07.